The van der Waals surface area contributed by atoms with E-state index in [1.807, 2.05) is 38.1 Å². The molecule has 0 saturated carbocycles. The van der Waals surface area contributed by atoms with Gasteiger partial charge in [0, 0.05) is 6.04 Å². The SMILES string of the molecule is Cc1cc(C(O)C(C)N2CCC(Cc3ccc(F)cc3)CC2)cc(C)c1O. The third-order valence-corrected chi connectivity index (χ3v) is 5.97. The number of halogens is 1. The van der Waals surface area contributed by atoms with Crippen LogP contribution in [0.1, 0.15) is 48.1 Å². The molecule has 0 bridgehead atoms. The highest BCUT2D eigenvalue weighted by Crippen LogP contribution is 2.31. The van der Waals surface area contributed by atoms with Crippen LogP contribution < -0.4 is 0 Å². The number of hydrogen-bond acceptors (Lipinski definition) is 3. The minimum absolute atomic E-state index is 0.0279. The number of aliphatic hydroxyl groups excluding tert-OH is 1. The van der Waals surface area contributed by atoms with E-state index in [9.17, 15) is 14.6 Å². The number of aryl methyl sites for hydroxylation is 2. The number of phenolic OH excluding ortho intramolecular Hbond substituents is 1. The highest BCUT2D eigenvalue weighted by molar-refractivity contribution is 5.43. The number of piperidine rings is 1. The van der Waals surface area contributed by atoms with E-state index < -0.39 is 6.10 Å². The first-order chi connectivity index (χ1) is 12.8. The van der Waals surface area contributed by atoms with Crippen LogP contribution in [0.3, 0.4) is 0 Å². The van der Waals surface area contributed by atoms with Gasteiger partial charge in [0.15, 0.2) is 0 Å². The zero-order valence-corrected chi connectivity index (χ0v) is 16.5. The van der Waals surface area contributed by atoms with Gasteiger partial charge in [-0.15, -0.1) is 0 Å². The Kier molecular flexibility index (Phi) is 6.18. The zero-order valence-electron chi connectivity index (χ0n) is 16.5. The first-order valence-corrected chi connectivity index (χ1v) is 9.82. The van der Waals surface area contributed by atoms with Gasteiger partial charge in [0.2, 0.25) is 0 Å². The van der Waals surface area contributed by atoms with Gasteiger partial charge in [0.05, 0.1) is 6.10 Å². The smallest absolute Gasteiger partial charge is 0.123 e. The third kappa shape index (κ3) is 4.69. The maximum atomic E-state index is 13.0. The Hall–Kier alpha value is -1.91. The molecule has 1 aliphatic rings. The molecule has 0 spiro atoms. The van der Waals surface area contributed by atoms with Crippen LogP contribution in [-0.4, -0.2) is 34.2 Å². The second-order valence-corrected chi connectivity index (χ2v) is 8.00. The Morgan fingerprint density at radius 1 is 1.07 bits per heavy atom. The van der Waals surface area contributed by atoms with Crippen LogP contribution in [0, 0.1) is 25.6 Å². The van der Waals surface area contributed by atoms with Gasteiger partial charge in [0.1, 0.15) is 11.6 Å². The molecule has 0 aromatic heterocycles. The van der Waals surface area contributed by atoms with Crippen LogP contribution in [0.5, 0.6) is 5.75 Å². The first-order valence-electron chi connectivity index (χ1n) is 9.82. The van der Waals surface area contributed by atoms with Crippen molar-refractivity contribution in [2.75, 3.05) is 13.1 Å². The van der Waals surface area contributed by atoms with Gasteiger partial charge in [-0.2, -0.15) is 0 Å². The third-order valence-electron chi connectivity index (χ3n) is 5.97. The van der Waals surface area contributed by atoms with Gasteiger partial charge in [-0.3, -0.25) is 4.90 Å². The molecule has 1 aliphatic heterocycles. The normalized spacial score (nSPS) is 18.4. The molecule has 2 N–H and O–H groups in total. The summed E-state index contributed by atoms with van der Waals surface area (Å²) in [5.74, 6) is 0.727. The second kappa shape index (κ2) is 8.41. The monoisotopic (exact) mass is 371 g/mol. The number of aliphatic hydroxyl groups is 1. The predicted molar refractivity (Wildman–Crippen MR) is 106 cm³/mol. The fourth-order valence-electron chi connectivity index (χ4n) is 4.16. The van der Waals surface area contributed by atoms with Gasteiger partial charge in [-0.1, -0.05) is 12.1 Å². The minimum atomic E-state index is -0.573. The molecule has 4 heteroatoms. The molecule has 2 aromatic rings. The van der Waals surface area contributed by atoms with E-state index in [2.05, 4.69) is 11.8 Å². The van der Waals surface area contributed by atoms with Crippen molar-refractivity contribution >= 4 is 0 Å². The summed E-state index contributed by atoms with van der Waals surface area (Å²) in [6, 6.07) is 10.6. The largest absolute Gasteiger partial charge is 0.507 e. The van der Waals surface area contributed by atoms with Crippen molar-refractivity contribution in [1.29, 1.82) is 0 Å². The number of nitrogens with zero attached hydrogens (tertiary/aromatic N) is 1. The molecule has 2 unspecified atom stereocenters. The van der Waals surface area contributed by atoms with Crippen LogP contribution in [0.2, 0.25) is 0 Å². The van der Waals surface area contributed by atoms with Crippen molar-refractivity contribution in [3.05, 3.63) is 64.5 Å². The Balaban J connectivity index is 1.57. The summed E-state index contributed by atoms with van der Waals surface area (Å²) >= 11 is 0. The standard InChI is InChI=1S/C23H30FNO2/c1-15-12-20(13-16(2)22(15)26)23(27)17(3)25-10-8-19(9-11-25)14-18-4-6-21(24)7-5-18/h4-7,12-13,17,19,23,26-27H,8-11,14H2,1-3H3. The molecule has 2 aromatic carbocycles. The van der Waals surface area contributed by atoms with Crippen LogP contribution in [0.25, 0.3) is 0 Å². The lowest BCUT2D eigenvalue weighted by molar-refractivity contribution is 0.0372. The Bertz CT molecular complexity index is 743. The van der Waals surface area contributed by atoms with Crippen LogP contribution in [-0.2, 0) is 6.42 Å². The van der Waals surface area contributed by atoms with Crippen LogP contribution in [0.4, 0.5) is 4.39 Å². The summed E-state index contributed by atoms with van der Waals surface area (Å²) in [5, 5.41) is 20.8. The van der Waals surface area contributed by atoms with Gasteiger partial charge < -0.3 is 10.2 Å². The fraction of sp³-hybridized carbons (Fsp3) is 0.478. The molecule has 3 nitrogen and oxygen atoms in total. The lowest BCUT2D eigenvalue weighted by atomic mass is 9.88. The van der Waals surface area contributed by atoms with E-state index in [1.165, 1.54) is 17.7 Å². The van der Waals surface area contributed by atoms with Crippen molar-refractivity contribution in [3.8, 4) is 5.75 Å². The van der Waals surface area contributed by atoms with E-state index >= 15 is 0 Å². The molecule has 0 amide bonds. The summed E-state index contributed by atoms with van der Waals surface area (Å²) in [6.07, 6.45) is 2.59. The molecule has 1 saturated heterocycles. The molecular weight excluding hydrogens is 341 g/mol. The van der Waals surface area contributed by atoms with Gasteiger partial charge >= 0.3 is 0 Å². The highest BCUT2D eigenvalue weighted by Gasteiger charge is 2.28. The molecule has 27 heavy (non-hydrogen) atoms. The molecule has 2 atom stereocenters. The number of hydrogen-bond donors (Lipinski definition) is 2. The highest BCUT2D eigenvalue weighted by atomic mass is 19.1. The first kappa shape index (κ1) is 19.8. The van der Waals surface area contributed by atoms with Gasteiger partial charge in [-0.25, -0.2) is 4.39 Å². The number of aromatic hydroxyl groups is 1. The summed E-state index contributed by atoms with van der Waals surface area (Å²) < 4.78 is 13.0. The average Bonchev–Trinajstić information content (AvgIpc) is 2.67. The Labute approximate surface area is 161 Å². The fourth-order valence-corrected chi connectivity index (χ4v) is 4.16. The van der Waals surface area contributed by atoms with Crippen molar-refractivity contribution in [3.63, 3.8) is 0 Å². The van der Waals surface area contributed by atoms with E-state index in [4.69, 9.17) is 0 Å². The van der Waals surface area contributed by atoms with Crippen molar-refractivity contribution in [1.82, 2.24) is 4.90 Å². The summed E-state index contributed by atoms with van der Waals surface area (Å²) in [5.41, 5.74) is 3.66. The maximum absolute atomic E-state index is 13.0. The van der Waals surface area contributed by atoms with E-state index in [1.54, 1.807) is 0 Å². The maximum Gasteiger partial charge on any atom is 0.123 e. The second-order valence-electron chi connectivity index (χ2n) is 8.00. The van der Waals surface area contributed by atoms with Crippen molar-refractivity contribution < 1.29 is 14.6 Å². The van der Waals surface area contributed by atoms with Gasteiger partial charge in [-0.05, 0) is 106 Å². The number of rotatable bonds is 5. The average molecular weight is 371 g/mol. The lowest BCUT2D eigenvalue weighted by Crippen LogP contribution is -2.43. The van der Waals surface area contributed by atoms with Crippen molar-refractivity contribution in [2.45, 2.75) is 52.2 Å². The Morgan fingerprint density at radius 3 is 2.19 bits per heavy atom. The molecule has 1 fully saturated rings. The zero-order chi connectivity index (χ0) is 19.6. The number of phenols is 1. The molecule has 146 valence electrons. The van der Waals surface area contributed by atoms with Crippen LogP contribution >= 0.6 is 0 Å². The van der Waals surface area contributed by atoms with Crippen LogP contribution in [0.15, 0.2) is 36.4 Å². The topological polar surface area (TPSA) is 43.7 Å². The minimum Gasteiger partial charge on any atom is -0.507 e. The molecule has 1 heterocycles. The summed E-state index contributed by atoms with van der Waals surface area (Å²) in [7, 11) is 0. The molecule has 0 radical (unpaired) electrons. The molecular formula is C23H30FNO2. The molecule has 0 aliphatic carbocycles. The number of benzene rings is 2. The summed E-state index contributed by atoms with van der Waals surface area (Å²) in [4.78, 5) is 2.35. The summed E-state index contributed by atoms with van der Waals surface area (Å²) in [6.45, 7) is 7.72. The molecule has 3 rings (SSSR count). The van der Waals surface area contributed by atoms with E-state index in [-0.39, 0.29) is 11.9 Å². The van der Waals surface area contributed by atoms with Crippen molar-refractivity contribution in [2.24, 2.45) is 5.92 Å². The van der Waals surface area contributed by atoms with Gasteiger partial charge in [0.25, 0.3) is 0 Å². The Morgan fingerprint density at radius 2 is 1.63 bits per heavy atom. The van der Waals surface area contributed by atoms with E-state index in [0.29, 0.717) is 11.7 Å². The lowest BCUT2D eigenvalue weighted by Gasteiger charge is -2.38. The quantitative estimate of drug-likeness (QED) is 0.812. The number of likely N-dealkylation sites (tertiary alicyclic amines) is 1. The predicted octanol–water partition coefficient (Wildman–Crippen LogP) is 4.52. The van der Waals surface area contributed by atoms with E-state index in [0.717, 1.165) is 49.0 Å².